The van der Waals surface area contributed by atoms with E-state index in [1.54, 1.807) is 34.6 Å². The normalized spacial score (nSPS) is 16.8. The maximum absolute atomic E-state index is 15.1. The number of halogens is 2. The molecule has 39 heavy (non-hydrogen) atoms. The molecule has 1 aliphatic rings. The molecule has 1 aliphatic heterocycles. The lowest BCUT2D eigenvalue weighted by Gasteiger charge is -2.35. The minimum Gasteiger partial charge on any atom is -0.494 e. The fraction of sp³-hybridized carbons (Fsp3) is 0.464. The molecular weight excluding hydrogens is 545 g/mol. The molecule has 210 valence electrons. The van der Waals surface area contributed by atoms with Crippen LogP contribution in [0.15, 0.2) is 36.4 Å². The zero-order valence-corrected chi connectivity index (χ0v) is 24.5. The molecule has 0 aliphatic carbocycles. The Balaban J connectivity index is 1.46. The van der Waals surface area contributed by atoms with Crippen LogP contribution in [0.5, 0.6) is 11.5 Å². The summed E-state index contributed by atoms with van der Waals surface area (Å²) in [7, 11) is 0. The first-order valence-corrected chi connectivity index (χ1v) is 13.9. The van der Waals surface area contributed by atoms with Crippen molar-refractivity contribution >= 4 is 29.0 Å². The maximum Gasteiger partial charge on any atom is 0.413 e. The number of amides is 1. The Kier molecular flexibility index (Phi) is 8.68. The molecule has 1 atom stereocenters. The van der Waals surface area contributed by atoms with Crippen LogP contribution in [0.2, 0.25) is 5.02 Å². The van der Waals surface area contributed by atoms with Crippen LogP contribution < -0.4 is 9.47 Å². The number of carbonyl (C=O) groups is 1. The molecule has 4 rings (SSSR count). The Morgan fingerprint density at radius 1 is 1.18 bits per heavy atom. The highest BCUT2D eigenvalue weighted by molar-refractivity contribution is 7.18. The lowest BCUT2D eigenvalue weighted by Crippen LogP contribution is -2.51. The molecule has 0 bridgehead atoms. The highest BCUT2D eigenvalue weighted by atomic mass is 35.5. The van der Waals surface area contributed by atoms with Gasteiger partial charge in [0.05, 0.1) is 24.3 Å². The van der Waals surface area contributed by atoms with Crippen molar-refractivity contribution in [3.63, 3.8) is 0 Å². The Bertz CT molecular complexity index is 1310. The van der Waals surface area contributed by atoms with E-state index in [2.05, 4.69) is 17.1 Å². The highest BCUT2D eigenvalue weighted by Crippen LogP contribution is 2.38. The molecule has 0 radical (unpaired) electrons. The van der Waals surface area contributed by atoms with E-state index >= 15 is 4.39 Å². The second-order valence-electron chi connectivity index (χ2n) is 10.6. The third kappa shape index (κ3) is 6.98. The SMILES string of the molecule is CCCOc1ccc(-c2nnc(-c3cc(F)c(OCC4COC(C)(C)N4C(=O)OC(C)(C)C)cc3Cl)s2)cc1. The zero-order chi connectivity index (χ0) is 28.4. The Labute approximate surface area is 237 Å². The monoisotopic (exact) mass is 577 g/mol. The van der Waals surface area contributed by atoms with Crippen LogP contribution in [0.3, 0.4) is 0 Å². The molecule has 0 N–H and O–H groups in total. The first-order valence-electron chi connectivity index (χ1n) is 12.7. The van der Waals surface area contributed by atoms with Gasteiger partial charge in [-0.3, -0.25) is 4.90 Å². The minimum atomic E-state index is -0.894. The first-order chi connectivity index (χ1) is 18.4. The number of hydrogen-bond donors (Lipinski definition) is 0. The van der Waals surface area contributed by atoms with Gasteiger partial charge in [-0.1, -0.05) is 29.9 Å². The summed E-state index contributed by atoms with van der Waals surface area (Å²) in [6.45, 7) is 11.8. The summed E-state index contributed by atoms with van der Waals surface area (Å²) in [6.07, 6.45) is 0.406. The van der Waals surface area contributed by atoms with E-state index in [9.17, 15) is 4.79 Å². The lowest BCUT2D eigenvalue weighted by atomic mass is 10.2. The first kappa shape index (κ1) is 29.0. The van der Waals surface area contributed by atoms with Gasteiger partial charge in [-0.05, 0) is 71.4 Å². The van der Waals surface area contributed by atoms with Gasteiger partial charge in [0, 0.05) is 17.2 Å². The van der Waals surface area contributed by atoms with Crippen LogP contribution in [0.25, 0.3) is 21.1 Å². The number of aromatic nitrogens is 2. The third-order valence-corrected chi connectivity index (χ3v) is 7.17. The van der Waals surface area contributed by atoms with Crippen LogP contribution >= 0.6 is 22.9 Å². The van der Waals surface area contributed by atoms with Crippen molar-refractivity contribution in [2.45, 2.75) is 65.3 Å². The number of hydrogen-bond acceptors (Lipinski definition) is 8. The van der Waals surface area contributed by atoms with Gasteiger partial charge in [-0.2, -0.15) is 0 Å². The van der Waals surface area contributed by atoms with Crippen molar-refractivity contribution in [3.8, 4) is 32.6 Å². The largest absolute Gasteiger partial charge is 0.494 e. The van der Waals surface area contributed by atoms with Gasteiger partial charge in [-0.15, -0.1) is 10.2 Å². The second kappa shape index (κ2) is 11.7. The quantitative estimate of drug-likeness (QED) is 0.280. The van der Waals surface area contributed by atoms with E-state index < -0.39 is 29.3 Å². The van der Waals surface area contributed by atoms with Crippen LogP contribution in [-0.4, -0.2) is 58.4 Å². The maximum atomic E-state index is 15.1. The molecular formula is C28H33ClFN3O5S. The Morgan fingerprint density at radius 3 is 2.54 bits per heavy atom. The summed E-state index contributed by atoms with van der Waals surface area (Å²) in [5.74, 6) is 0.142. The van der Waals surface area contributed by atoms with Gasteiger partial charge >= 0.3 is 6.09 Å². The second-order valence-corrected chi connectivity index (χ2v) is 12.0. The number of carbonyl (C=O) groups excluding carboxylic acids is 1. The van der Waals surface area contributed by atoms with E-state index in [0.29, 0.717) is 22.2 Å². The number of ether oxygens (including phenoxy) is 4. The standard InChI is InChI=1S/C28H33ClFN3O5S/c1-7-12-35-19-10-8-17(9-11-19)24-31-32-25(39-24)20-13-22(30)23(14-21(20)29)36-15-18-16-37-28(5,6)33(18)26(34)38-27(2,3)4/h8-11,13-14,18H,7,12,15-16H2,1-6H3. The molecule has 1 aromatic heterocycles. The van der Waals surface area contributed by atoms with Gasteiger partial charge in [0.2, 0.25) is 0 Å². The lowest BCUT2D eigenvalue weighted by molar-refractivity contribution is -0.0637. The number of benzene rings is 2. The van der Waals surface area contributed by atoms with E-state index in [1.807, 2.05) is 24.3 Å². The molecule has 0 saturated carbocycles. The van der Waals surface area contributed by atoms with Crippen LogP contribution in [-0.2, 0) is 9.47 Å². The van der Waals surface area contributed by atoms with E-state index in [1.165, 1.54) is 28.4 Å². The Hall–Kier alpha value is -2.95. The van der Waals surface area contributed by atoms with Gasteiger partial charge < -0.3 is 18.9 Å². The summed E-state index contributed by atoms with van der Waals surface area (Å²) in [5.41, 5.74) is -0.285. The van der Waals surface area contributed by atoms with Crippen LogP contribution in [0, 0.1) is 5.82 Å². The topological polar surface area (TPSA) is 83.0 Å². The van der Waals surface area contributed by atoms with Gasteiger partial charge in [-0.25, -0.2) is 9.18 Å². The molecule has 8 nitrogen and oxygen atoms in total. The fourth-order valence-corrected chi connectivity index (χ4v) is 5.22. The number of rotatable bonds is 8. The van der Waals surface area contributed by atoms with Crippen LogP contribution in [0.1, 0.15) is 48.0 Å². The van der Waals surface area contributed by atoms with Crippen LogP contribution in [0.4, 0.5) is 9.18 Å². The third-order valence-electron chi connectivity index (χ3n) is 5.85. The summed E-state index contributed by atoms with van der Waals surface area (Å²) in [4.78, 5) is 14.3. The van der Waals surface area contributed by atoms with Gasteiger partial charge in [0.15, 0.2) is 11.6 Å². The van der Waals surface area contributed by atoms with Gasteiger partial charge in [0.1, 0.15) is 33.7 Å². The average molecular weight is 578 g/mol. The summed E-state index contributed by atoms with van der Waals surface area (Å²) in [5, 5.41) is 9.90. The molecule has 1 unspecified atom stereocenters. The van der Waals surface area contributed by atoms with Crippen molar-refractivity contribution in [2.75, 3.05) is 19.8 Å². The zero-order valence-electron chi connectivity index (χ0n) is 22.9. The smallest absolute Gasteiger partial charge is 0.413 e. The molecule has 1 fully saturated rings. The molecule has 1 saturated heterocycles. The van der Waals surface area contributed by atoms with Crippen molar-refractivity contribution in [1.29, 1.82) is 0 Å². The molecule has 2 aromatic carbocycles. The Morgan fingerprint density at radius 2 is 1.87 bits per heavy atom. The highest BCUT2D eigenvalue weighted by Gasteiger charge is 2.46. The van der Waals surface area contributed by atoms with Crippen molar-refractivity contribution in [1.82, 2.24) is 15.1 Å². The van der Waals surface area contributed by atoms with Crippen molar-refractivity contribution in [3.05, 3.63) is 47.2 Å². The summed E-state index contributed by atoms with van der Waals surface area (Å²) >= 11 is 7.82. The summed E-state index contributed by atoms with van der Waals surface area (Å²) < 4.78 is 37.8. The predicted molar refractivity (Wildman–Crippen MR) is 149 cm³/mol. The summed E-state index contributed by atoms with van der Waals surface area (Å²) in [6, 6.07) is 9.79. The molecule has 3 aromatic rings. The average Bonchev–Trinajstić information content (AvgIpc) is 3.46. The minimum absolute atomic E-state index is 0.00378. The fourth-order valence-electron chi connectivity index (χ4n) is 4.04. The molecule has 2 heterocycles. The van der Waals surface area contributed by atoms with E-state index in [0.717, 1.165) is 17.7 Å². The van der Waals surface area contributed by atoms with Gasteiger partial charge in [0.25, 0.3) is 0 Å². The van der Waals surface area contributed by atoms with Crippen molar-refractivity contribution < 1.29 is 28.1 Å². The molecule has 11 heteroatoms. The predicted octanol–water partition coefficient (Wildman–Crippen LogP) is 7.20. The van der Waals surface area contributed by atoms with E-state index in [-0.39, 0.29) is 24.0 Å². The van der Waals surface area contributed by atoms with Crippen molar-refractivity contribution in [2.24, 2.45) is 0 Å². The number of nitrogens with zero attached hydrogens (tertiary/aromatic N) is 3. The molecule has 1 amide bonds. The molecule has 0 spiro atoms. The van der Waals surface area contributed by atoms with E-state index in [4.69, 9.17) is 30.5 Å².